The smallest absolute Gasteiger partial charge is 0.239 e. The number of benzene rings is 1. The topological polar surface area (TPSA) is 49.6 Å². The number of hydrogen-bond donors (Lipinski definition) is 1. The largest absolute Gasteiger partial charge is 0.340 e. The van der Waals surface area contributed by atoms with E-state index >= 15 is 0 Å². The minimum Gasteiger partial charge on any atom is -0.340 e. The summed E-state index contributed by atoms with van der Waals surface area (Å²) in [7, 11) is 4.15. The van der Waals surface area contributed by atoms with Crippen LogP contribution in [-0.4, -0.2) is 55.0 Å². The lowest BCUT2D eigenvalue weighted by Gasteiger charge is -2.37. The maximum atomic E-state index is 12.5. The van der Waals surface area contributed by atoms with Crippen LogP contribution in [0.1, 0.15) is 24.8 Å². The Hall–Kier alpha value is -1.39. The SMILES string of the molecule is CN(C)C1CCCN(C(=O)C(N)CCc2ccccc2)C1. The number of likely N-dealkylation sites (N-methyl/N-ethyl adjacent to an activating group) is 1. The molecule has 4 heteroatoms. The molecule has 0 spiro atoms. The molecule has 1 heterocycles. The summed E-state index contributed by atoms with van der Waals surface area (Å²) in [6.45, 7) is 1.66. The normalized spacial score (nSPS) is 20.6. The molecule has 1 saturated heterocycles. The average Bonchev–Trinajstić information content (AvgIpc) is 2.53. The molecule has 0 bridgehead atoms. The van der Waals surface area contributed by atoms with E-state index in [1.807, 2.05) is 23.1 Å². The van der Waals surface area contributed by atoms with E-state index in [1.165, 1.54) is 5.56 Å². The van der Waals surface area contributed by atoms with Crippen LogP contribution in [0.15, 0.2) is 30.3 Å². The lowest BCUT2D eigenvalue weighted by atomic mass is 10.0. The highest BCUT2D eigenvalue weighted by Gasteiger charge is 2.27. The first kappa shape index (κ1) is 16.0. The molecule has 1 aliphatic heterocycles. The predicted octanol–water partition coefficient (Wildman–Crippen LogP) is 1.50. The van der Waals surface area contributed by atoms with Gasteiger partial charge in [0.05, 0.1) is 6.04 Å². The molecule has 1 aliphatic rings. The van der Waals surface area contributed by atoms with Crippen molar-refractivity contribution in [1.82, 2.24) is 9.80 Å². The van der Waals surface area contributed by atoms with Gasteiger partial charge in [-0.25, -0.2) is 0 Å². The van der Waals surface area contributed by atoms with Gasteiger partial charge in [-0.15, -0.1) is 0 Å². The number of aryl methyl sites for hydroxylation is 1. The van der Waals surface area contributed by atoms with Gasteiger partial charge in [0.25, 0.3) is 0 Å². The molecule has 4 nitrogen and oxygen atoms in total. The summed E-state index contributed by atoms with van der Waals surface area (Å²) < 4.78 is 0. The number of hydrogen-bond acceptors (Lipinski definition) is 3. The Kier molecular flexibility index (Phi) is 5.76. The second kappa shape index (κ2) is 7.57. The fourth-order valence-electron chi connectivity index (χ4n) is 2.90. The van der Waals surface area contributed by atoms with Crippen LogP contribution in [0.25, 0.3) is 0 Å². The summed E-state index contributed by atoms with van der Waals surface area (Å²) in [5.41, 5.74) is 7.35. The van der Waals surface area contributed by atoms with Crippen molar-refractivity contribution in [3.05, 3.63) is 35.9 Å². The zero-order valence-corrected chi connectivity index (χ0v) is 13.2. The molecule has 116 valence electrons. The number of amides is 1. The molecule has 0 aromatic heterocycles. The van der Waals surface area contributed by atoms with Crippen LogP contribution in [0.2, 0.25) is 0 Å². The Morgan fingerprint density at radius 3 is 2.76 bits per heavy atom. The Bertz CT molecular complexity index is 447. The van der Waals surface area contributed by atoms with E-state index in [1.54, 1.807) is 0 Å². The molecule has 1 aromatic carbocycles. The van der Waals surface area contributed by atoms with Gasteiger partial charge in [-0.1, -0.05) is 30.3 Å². The molecule has 0 radical (unpaired) electrons. The summed E-state index contributed by atoms with van der Waals surface area (Å²) in [5, 5.41) is 0. The van der Waals surface area contributed by atoms with Crippen molar-refractivity contribution in [3.63, 3.8) is 0 Å². The van der Waals surface area contributed by atoms with Crippen LogP contribution < -0.4 is 5.73 Å². The van der Waals surface area contributed by atoms with Crippen molar-refractivity contribution in [2.24, 2.45) is 5.73 Å². The van der Waals surface area contributed by atoms with Crippen LogP contribution in [0, 0.1) is 0 Å². The van der Waals surface area contributed by atoms with Crippen molar-refractivity contribution in [2.75, 3.05) is 27.2 Å². The summed E-state index contributed by atoms with van der Waals surface area (Å²) in [6, 6.07) is 10.3. The molecule has 2 unspecified atom stereocenters. The second-order valence-corrected chi connectivity index (χ2v) is 6.17. The molecular weight excluding hydrogens is 262 g/mol. The zero-order chi connectivity index (χ0) is 15.2. The number of carbonyl (C=O) groups excluding carboxylic acids is 1. The van der Waals surface area contributed by atoms with Gasteiger partial charge < -0.3 is 15.5 Å². The molecule has 1 aromatic rings. The number of likely N-dealkylation sites (tertiary alicyclic amines) is 1. The van der Waals surface area contributed by atoms with Gasteiger partial charge >= 0.3 is 0 Å². The standard InChI is InChI=1S/C17H27N3O/c1-19(2)15-9-6-12-20(13-15)17(21)16(18)11-10-14-7-4-3-5-8-14/h3-5,7-8,15-16H,6,9-13,18H2,1-2H3. The van der Waals surface area contributed by atoms with Gasteiger partial charge in [-0.05, 0) is 45.3 Å². The van der Waals surface area contributed by atoms with Crippen LogP contribution in [0.5, 0.6) is 0 Å². The Morgan fingerprint density at radius 1 is 1.38 bits per heavy atom. The highest BCUT2D eigenvalue weighted by molar-refractivity contribution is 5.81. The number of nitrogens with zero attached hydrogens (tertiary/aromatic N) is 2. The number of nitrogens with two attached hydrogens (primary N) is 1. The average molecular weight is 289 g/mol. The van der Waals surface area contributed by atoms with Crippen LogP contribution in [-0.2, 0) is 11.2 Å². The third-order valence-corrected chi connectivity index (χ3v) is 4.34. The third kappa shape index (κ3) is 4.55. The molecule has 2 rings (SSSR count). The maximum absolute atomic E-state index is 12.5. The van der Waals surface area contributed by atoms with Gasteiger partial charge in [0.15, 0.2) is 0 Å². The minimum absolute atomic E-state index is 0.109. The minimum atomic E-state index is -0.383. The van der Waals surface area contributed by atoms with Crippen molar-refractivity contribution < 1.29 is 4.79 Å². The van der Waals surface area contributed by atoms with Gasteiger partial charge in [0, 0.05) is 19.1 Å². The highest BCUT2D eigenvalue weighted by atomic mass is 16.2. The van der Waals surface area contributed by atoms with E-state index in [9.17, 15) is 4.79 Å². The van der Waals surface area contributed by atoms with Gasteiger partial charge in [0.1, 0.15) is 0 Å². The summed E-state index contributed by atoms with van der Waals surface area (Å²) in [4.78, 5) is 16.6. The summed E-state index contributed by atoms with van der Waals surface area (Å²) >= 11 is 0. The van der Waals surface area contributed by atoms with Gasteiger partial charge in [-0.2, -0.15) is 0 Å². The van der Waals surface area contributed by atoms with Crippen molar-refractivity contribution in [2.45, 2.75) is 37.8 Å². The number of carbonyl (C=O) groups is 1. The Morgan fingerprint density at radius 2 is 2.10 bits per heavy atom. The number of rotatable bonds is 5. The maximum Gasteiger partial charge on any atom is 0.239 e. The van der Waals surface area contributed by atoms with Crippen LogP contribution >= 0.6 is 0 Å². The molecule has 2 N–H and O–H groups in total. The zero-order valence-electron chi connectivity index (χ0n) is 13.2. The van der Waals surface area contributed by atoms with E-state index in [2.05, 4.69) is 31.1 Å². The third-order valence-electron chi connectivity index (χ3n) is 4.34. The van der Waals surface area contributed by atoms with Crippen LogP contribution in [0.3, 0.4) is 0 Å². The predicted molar refractivity (Wildman–Crippen MR) is 86.0 cm³/mol. The Balaban J connectivity index is 1.84. The van der Waals surface area contributed by atoms with Gasteiger partial charge in [0.2, 0.25) is 5.91 Å². The molecule has 0 aliphatic carbocycles. The first-order valence-corrected chi connectivity index (χ1v) is 7.82. The molecule has 21 heavy (non-hydrogen) atoms. The number of piperidine rings is 1. The molecule has 0 saturated carbocycles. The fourth-order valence-corrected chi connectivity index (χ4v) is 2.90. The van der Waals surface area contributed by atoms with E-state index < -0.39 is 0 Å². The lowest BCUT2D eigenvalue weighted by Crippen LogP contribution is -2.52. The molecule has 1 fully saturated rings. The van der Waals surface area contributed by atoms with E-state index in [0.29, 0.717) is 12.5 Å². The molecular formula is C17H27N3O. The molecule has 2 atom stereocenters. The monoisotopic (exact) mass is 289 g/mol. The quantitative estimate of drug-likeness (QED) is 0.893. The summed E-state index contributed by atoms with van der Waals surface area (Å²) in [5.74, 6) is 0.109. The van der Waals surface area contributed by atoms with E-state index in [0.717, 1.165) is 32.4 Å². The van der Waals surface area contributed by atoms with Crippen molar-refractivity contribution in [1.29, 1.82) is 0 Å². The van der Waals surface area contributed by atoms with Gasteiger partial charge in [-0.3, -0.25) is 4.79 Å². The molecule has 1 amide bonds. The highest BCUT2D eigenvalue weighted by Crippen LogP contribution is 2.15. The van der Waals surface area contributed by atoms with Crippen molar-refractivity contribution >= 4 is 5.91 Å². The first-order chi connectivity index (χ1) is 10.1. The Labute approximate surface area is 127 Å². The van der Waals surface area contributed by atoms with E-state index in [-0.39, 0.29) is 11.9 Å². The van der Waals surface area contributed by atoms with Crippen molar-refractivity contribution in [3.8, 4) is 0 Å². The van der Waals surface area contributed by atoms with E-state index in [4.69, 9.17) is 5.73 Å². The lowest BCUT2D eigenvalue weighted by molar-refractivity contribution is -0.134. The fraction of sp³-hybridized carbons (Fsp3) is 0.588. The van der Waals surface area contributed by atoms with Crippen LogP contribution in [0.4, 0.5) is 0 Å². The first-order valence-electron chi connectivity index (χ1n) is 7.82. The second-order valence-electron chi connectivity index (χ2n) is 6.17. The summed E-state index contributed by atoms with van der Waals surface area (Å²) in [6.07, 6.45) is 3.81.